The van der Waals surface area contributed by atoms with Crippen LogP contribution in [0.4, 0.5) is 0 Å². The Morgan fingerprint density at radius 1 is 0.292 bits per heavy atom. The summed E-state index contributed by atoms with van der Waals surface area (Å²) < 4.78 is 16.8. The van der Waals surface area contributed by atoms with Gasteiger partial charge in [-0.05, 0) is 64.2 Å². The van der Waals surface area contributed by atoms with Gasteiger partial charge in [0.15, 0.2) is 6.10 Å². The minimum absolute atomic E-state index is 0.0731. The van der Waals surface area contributed by atoms with Crippen molar-refractivity contribution in [3.05, 3.63) is 24.3 Å². The molecule has 1 atom stereocenters. The van der Waals surface area contributed by atoms with Crippen LogP contribution in [0, 0.1) is 0 Å². The molecule has 0 aromatic carbocycles. The molecular formula is C59H110O6. The number of allylic oxidation sites excluding steroid dienone is 4. The molecule has 0 radical (unpaired) electrons. The van der Waals surface area contributed by atoms with E-state index in [4.69, 9.17) is 14.2 Å². The first-order valence-electron chi connectivity index (χ1n) is 28.8. The predicted molar refractivity (Wildman–Crippen MR) is 279 cm³/mol. The Kier molecular flexibility index (Phi) is 52.7. The van der Waals surface area contributed by atoms with Gasteiger partial charge >= 0.3 is 17.9 Å². The topological polar surface area (TPSA) is 78.9 Å². The van der Waals surface area contributed by atoms with Gasteiger partial charge in [0.05, 0.1) is 0 Å². The first-order valence-corrected chi connectivity index (χ1v) is 28.8. The molecule has 0 heterocycles. The zero-order valence-corrected chi connectivity index (χ0v) is 43.8. The summed E-state index contributed by atoms with van der Waals surface area (Å²) in [5, 5.41) is 0. The van der Waals surface area contributed by atoms with Gasteiger partial charge in [-0.15, -0.1) is 0 Å². The zero-order valence-electron chi connectivity index (χ0n) is 43.8. The van der Waals surface area contributed by atoms with E-state index in [2.05, 4.69) is 45.1 Å². The first-order chi connectivity index (χ1) is 32.0. The zero-order chi connectivity index (χ0) is 47.2. The lowest BCUT2D eigenvalue weighted by Crippen LogP contribution is -2.30. The van der Waals surface area contributed by atoms with Crippen LogP contribution in [0.5, 0.6) is 0 Å². The third-order valence-corrected chi connectivity index (χ3v) is 12.9. The van der Waals surface area contributed by atoms with Gasteiger partial charge in [0, 0.05) is 19.3 Å². The van der Waals surface area contributed by atoms with Gasteiger partial charge in [-0.3, -0.25) is 14.4 Å². The summed E-state index contributed by atoms with van der Waals surface area (Å²) in [7, 11) is 0. The Bertz CT molecular complexity index is 1050. The molecule has 0 aromatic heterocycles. The summed E-state index contributed by atoms with van der Waals surface area (Å²) in [5.41, 5.74) is 0. The molecule has 0 amide bonds. The predicted octanol–water partition coefficient (Wildman–Crippen LogP) is 19.1. The quantitative estimate of drug-likeness (QED) is 0.0262. The smallest absolute Gasteiger partial charge is 0.306 e. The number of carbonyl (C=O) groups is 3. The van der Waals surface area contributed by atoms with Crippen molar-refractivity contribution in [2.24, 2.45) is 0 Å². The fourth-order valence-corrected chi connectivity index (χ4v) is 8.54. The van der Waals surface area contributed by atoms with Crippen LogP contribution >= 0.6 is 0 Å². The number of hydrogen-bond donors (Lipinski definition) is 0. The van der Waals surface area contributed by atoms with E-state index in [1.54, 1.807) is 0 Å². The first kappa shape index (κ1) is 62.9. The van der Waals surface area contributed by atoms with E-state index in [1.165, 1.54) is 205 Å². The average molecular weight is 916 g/mol. The maximum atomic E-state index is 12.8. The van der Waals surface area contributed by atoms with Gasteiger partial charge in [-0.2, -0.15) is 0 Å². The molecule has 0 N–H and O–H groups in total. The van der Waals surface area contributed by atoms with Crippen molar-refractivity contribution in [1.82, 2.24) is 0 Å². The summed E-state index contributed by atoms with van der Waals surface area (Å²) in [4.78, 5) is 38.0. The van der Waals surface area contributed by atoms with E-state index >= 15 is 0 Å². The van der Waals surface area contributed by atoms with Crippen molar-refractivity contribution in [2.45, 2.75) is 322 Å². The van der Waals surface area contributed by atoms with E-state index in [9.17, 15) is 14.4 Å². The highest BCUT2D eigenvalue weighted by molar-refractivity contribution is 5.71. The van der Waals surface area contributed by atoms with Crippen molar-refractivity contribution < 1.29 is 28.6 Å². The molecule has 0 bridgehead atoms. The number of hydrogen-bond acceptors (Lipinski definition) is 6. The minimum atomic E-state index is -0.774. The van der Waals surface area contributed by atoms with Crippen LogP contribution in [0.15, 0.2) is 24.3 Å². The number of carbonyl (C=O) groups excluding carboxylic acids is 3. The Balaban J connectivity index is 4.23. The molecule has 0 aliphatic heterocycles. The lowest BCUT2D eigenvalue weighted by atomic mass is 10.0. The minimum Gasteiger partial charge on any atom is -0.462 e. The third kappa shape index (κ3) is 52.7. The summed E-state index contributed by atoms with van der Waals surface area (Å²) in [6, 6.07) is 0. The van der Waals surface area contributed by atoms with Gasteiger partial charge in [-0.25, -0.2) is 0 Å². The van der Waals surface area contributed by atoms with E-state index < -0.39 is 6.10 Å². The molecule has 0 aromatic rings. The SMILES string of the molecule is CCCC/C=C\CCCCCCCC(=O)OCC(COC(=O)CCCCCCCCCCCCCCCCCCCCCCCC)OC(=O)CCCCCCC/C=C\CCCCCCC. The standard InChI is InChI=1S/C59H110O6/c1-4-7-10-13-16-19-22-24-26-27-28-29-30-31-32-33-35-37-40-43-46-49-52-58(61)64-55-56(54-63-57(60)51-48-45-42-39-36-21-18-15-12-9-6-3)65-59(62)53-50-47-44-41-38-34-25-23-20-17-14-11-8-5-2/h15,18,23,25,56H,4-14,16-17,19-22,24,26-55H2,1-3H3/b18-15-,25-23-. The normalized spacial score (nSPS) is 12.1. The van der Waals surface area contributed by atoms with Gasteiger partial charge in [0.2, 0.25) is 0 Å². The number of ether oxygens (including phenoxy) is 3. The molecule has 6 nitrogen and oxygen atoms in total. The molecule has 1 unspecified atom stereocenters. The number of unbranched alkanes of at least 4 members (excludes halogenated alkanes) is 38. The summed E-state index contributed by atoms with van der Waals surface area (Å²) >= 11 is 0. The molecule has 0 saturated heterocycles. The maximum Gasteiger partial charge on any atom is 0.306 e. The lowest BCUT2D eigenvalue weighted by Gasteiger charge is -2.18. The van der Waals surface area contributed by atoms with Crippen LogP contribution < -0.4 is 0 Å². The van der Waals surface area contributed by atoms with Crippen LogP contribution in [0.25, 0.3) is 0 Å². The van der Waals surface area contributed by atoms with Crippen molar-refractivity contribution in [2.75, 3.05) is 13.2 Å². The van der Waals surface area contributed by atoms with Crippen LogP contribution in [-0.2, 0) is 28.6 Å². The van der Waals surface area contributed by atoms with E-state index in [0.29, 0.717) is 19.3 Å². The lowest BCUT2D eigenvalue weighted by molar-refractivity contribution is -0.167. The van der Waals surface area contributed by atoms with Gasteiger partial charge < -0.3 is 14.2 Å². The van der Waals surface area contributed by atoms with Crippen LogP contribution in [0.2, 0.25) is 0 Å². The van der Waals surface area contributed by atoms with Crippen molar-refractivity contribution in [1.29, 1.82) is 0 Å². The fraction of sp³-hybridized carbons (Fsp3) is 0.881. The van der Waals surface area contributed by atoms with Crippen LogP contribution in [-0.4, -0.2) is 37.2 Å². The van der Waals surface area contributed by atoms with Gasteiger partial charge in [0.25, 0.3) is 0 Å². The van der Waals surface area contributed by atoms with Gasteiger partial charge in [0.1, 0.15) is 13.2 Å². The third-order valence-electron chi connectivity index (χ3n) is 12.9. The summed E-state index contributed by atoms with van der Waals surface area (Å²) in [6.45, 7) is 6.62. The fourth-order valence-electron chi connectivity index (χ4n) is 8.54. The molecule has 382 valence electrons. The van der Waals surface area contributed by atoms with Gasteiger partial charge in [-0.1, -0.05) is 257 Å². The van der Waals surface area contributed by atoms with E-state index in [1.807, 2.05) is 0 Å². The Hall–Kier alpha value is -2.11. The second-order valence-electron chi connectivity index (χ2n) is 19.6. The highest BCUT2D eigenvalue weighted by Crippen LogP contribution is 2.17. The highest BCUT2D eigenvalue weighted by Gasteiger charge is 2.19. The number of rotatable bonds is 53. The molecule has 0 aliphatic carbocycles. The monoisotopic (exact) mass is 915 g/mol. The molecule has 0 saturated carbocycles. The average Bonchev–Trinajstić information content (AvgIpc) is 3.30. The Morgan fingerprint density at radius 2 is 0.523 bits per heavy atom. The molecule has 6 heteroatoms. The molecule has 65 heavy (non-hydrogen) atoms. The molecule has 0 fully saturated rings. The highest BCUT2D eigenvalue weighted by atomic mass is 16.6. The molecule has 0 spiro atoms. The Labute approximate surface area is 404 Å². The van der Waals surface area contributed by atoms with E-state index in [0.717, 1.165) is 70.6 Å². The van der Waals surface area contributed by atoms with Crippen molar-refractivity contribution >= 4 is 17.9 Å². The van der Waals surface area contributed by atoms with Crippen LogP contribution in [0.1, 0.15) is 316 Å². The summed E-state index contributed by atoms with van der Waals surface area (Å²) in [6.07, 6.45) is 63.2. The molecule has 0 aliphatic rings. The van der Waals surface area contributed by atoms with E-state index in [-0.39, 0.29) is 31.1 Å². The molecule has 0 rings (SSSR count). The van der Waals surface area contributed by atoms with Crippen LogP contribution in [0.3, 0.4) is 0 Å². The molecular weight excluding hydrogens is 805 g/mol. The van der Waals surface area contributed by atoms with Crippen molar-refractivity contribution in [3.8, 4) is 0 Å². The maximum absolute atomic E-state index is 12.8. The summed E-state index contributed by atoms with van der Waals surface area (Å²) in [5.74, 6) is -0.875. The largest absolute Gasteiger partial charge is 0.462 e. The second kappa shape index (κ2) is 54.5. The number of esters is 3. The van der Waals surface area contributed by atoms with Crippen molar-refractivity contribution in [3.63, 3.8) is 0 Å². The second-order valence-corrected chi connectivity index (χ2v) is 19.6. The Morgan fingerprint density at radius 3 is 0.815 bits per heavy atom.